The van der Waals surface area contributed by atoms with E-state index >= 15 is 0 Å². The molecule has 4 heteroatoms. The van der Waals surface area contributed by atoms with E-state index in [0.29, 0.717) is 0 Å². The van der Waals surface area contributed by atoms with E-state index in [9.17, 15) is 0 Å². The molecule has 0 atom stereocenters. The first-order valence-corrected chi connectivity index (χ1v) is 5.83. The molecule has 0 bridgehead atoms. The lowest BCUT2D eigenvalue weighted by molar-refractivity contribution is 0.603. The predicted octanol–water partition coefficient (Wildman–Crippen LogP) is 2.84. The first-order valence-electron chi connectivity index (χ1n) is 5.83. The molecule has 3 aromatic rings. The Balaban J connectivity index is 2.10. The molecule has 0 spiro atoms. The summed E-state index contributed by atoms with van der Waals surface area (Å²) in [7, 11) is 0. The summed E-state index contributed by atoms with van der Waals surface area (Å²) in [6, 6.07) is 4.08. The minimum Gasteiger partial charge on any atom is -0.346 e. The molecule has 0 saturated carbocycles. The number of fused-ring (bicyclic) bond motifs is 1. The van der Waals surface area contributed by atoms with E-state index in [1.807, 2.05) is 29.3 Å². The molecular formula is C13H14N4. The van der Waals surface area contributed by atoms with Crippen LogP contribution in [0.4, 0.5) is 0 Å². The number of nitrogens with one attached hydrogen (secondary N) is 1. The summed E-state index contributed by atoms with van der Waals surface area (Å²) < 4.78 is 1.98. The van der Waals surface area contributed by atoms with Crippen molar-refractivity contribution in [3.63, 3.8) is 0 Å². The largest absolute Gasteiger partial charge is 0.346 e. The van der Waals surface area contributed by atoms with Gasteiger partial charge < -0.3 is 4.98 Å². The standard InChI is InChI=1S/C13H14N4/c1-2-7-17-9-10(8-16-17)11-3-5-14-13-12(11)4-6-15-13/h3-6,8-9H,2,7H2,1H3,(H,14,15). The quantitative estimate of drug-likeness (QED) is 0.746. The highest BCUT2D eigenvalue weighted by Crippen LogP contribution is 2.26. The van der Waals surface area contributed by atoms with E-state index in [1.54, 1.807) is 0 Å². The smallest absolute Gasteiger partial charge is 0.137 e. The monoisotopic (exact) mass is 226 g/mol. The maximum absolute atomic E-state index is 4.36. The highest BCUT2D eigenvalue weighted by molar-refractivity contribution is 5.92. The lowest BCUT2D eigenvalue weighted by Crippen LogP contribution is -1.95. The van der Waals surface area contributed by atoms with Gasteiger partial charge in [0.15, 0.2) is 0 Å². The van der Waals surface area contributed by atoms with Gasteiger partial charge in [-0.05, 0) is 24.1 Å². The maximum atomic E-state index is 4.36. The Hall–Kier alpha value is -2.10. The van der Waals surface area contributed by atoms with Gasteiger partial charge in [0.1, 0.15) is 5.65 Å². The average Bonchev–Trinajstić information content (AvgIpc) is 2.96. The first kappa shape index (κ1) is 10.1. The van der Waals surface area contributed by atoms with Crippen molar-refractivity contribution in [1.29, 1.82) is 0 Å². The van der Waals surface area contributed by atoms with Gasteiger partial charge in [-0.1, -0.05) is 6.92 Å². The van der Waals surface area contributed by atoms with Gasteiger partial charge in [-0.25, -0.2) is 4.98 Å². The molecule has 17 heavy (non-hydrogen) atoms. The third-order valence-corrected chi connectivity index (χ3v) is 2.86. The molecule has 3 aromatic heterocycles. The van der Waals surface area contributed by atoms with Crippen LogP contribution < -0.4 is 0 Å². The Kier molecular flexibility index (Phi) is 2.40. The molecule has 0 aliphatic carbocycles. The number of rotatable bonds is 3. The highest BCUT2D eigenvalue weighted by Gasteiger charge is 2.07. The number of pyridine rings is 1. The van der Waals surface area contributed by atoms with Crippen molar-refractivity contribution >= 4 is 11.0 Å². The zero-order valence-electron chi connectivity index (χ0n) is 9.72. The van der Waals surface area contributed by atoms with Gasteiger partial charge in [-0.3, -0.25) is 4.68 Å². The minimum absolute atomic E-state index is 0.922. The molecule has 0 radical (unpaired) electrons. The van der Waals surface area contributed by atoms with Crippen molar-refractivity contribution in [2.75, 3.05) is 0 Å². The Morgan fingerprint density at radius 2 is 2.29 bits per heavy atom. The second-order valence-corrected chi connectivity index (χ2v) is 4.09. The van der Waals surface area contributed by atoms with Crippen LogP contribution in [0.15, 0.2) is 36.9 Å². The lowest BCUT2D eigenvalue weighted by Gasteiger charge is -1.99. The van der Waals surface area contributed by atoms with Crippen LogP contribution in [-0.2, 0) is 6.54 Å². The SMILES string of the molecule is CCCn1cc(-c2ccnc3[nH]ccc23)cn1. The molecule has 3 rings (SSSR count). The van der Waals surface area contributed by atoms with Crippen LogP contribution in [0.3, 0.4) is 0 Å². The zero-order chi connectivity index (χ0) is 11.7. The predicted molar refractivity (Wildman–Crippen MR) is 67.6 cm³/mol. The van der Waals surface area contributed by atoms with Crippen LogP contribution in [0.25, 0.3) is 22.2 Å². The van der Waals surface area contributed by atoms with Crippen molar-refractivity contribution in [2.24, 2.45) is 0 Å². The zero-order valence-corrected chi connectivity index (χ0v) is 9.72. The summed E-state index contributed by atoms with van der Waals surface area (Å²) in [5, 5.41) is 5.50. The molecule has 0 aliphatic heterocycles. The van der Waals surface area contributed by atoms with Gasteiger partial charge in [0.2, 0.25) is 0 Å². The van der Waals surface area contributed by atoms with Crippen LogP contribution in [0.5, 0.6) is 0 Å². The summed E-state index contributed by atoms with van der Waals surface area (Å²) in [5.74, 6) is 0. The normalized spacial score (nSPS) is 11.1. The van der Waals surface area contributed by atoms with Crippen LogP contribution in [0, 0.1) is 0 Å². The second kappa shape index (κ2) is 4.05. The van der Waals surface area contributed by atoms with Gasteiger partial charge in [0.25, 0.3) is 0 Å². The van der Waals surface area contributed by atoms with E-state index in [-0.39, 0.29) is 0 Å². The Morgan fingerprint density at radius 3 is 3.18 bits per heavy atom. The summed E-state index contributed by atoms with van der Waals surface area (Å²) in [5.41, 5.74) is 3.25. The van der Waals surface area contributed by atoms with Crippen molar-refractivity contribution in [2.45, 2.75) is 19.9 Å². The van der Waals surface area contributed by atoms with Gasteiger partial charge in [0, 0.05) is 36.1 Å². The van der Waals surface area contributed by atoms with Crippen LogP contribution in [0.1, 0.15) is 13.3 Å². The molecular weight excluding hydrogens is 212 g/mol. The minimum atomic E-state index is 0.922. The Morgan fingerprint density at radius 1 is 1.35 bits per heavy atom. The van der Waals surface area contributed by atoms with Crippen LogP contribution >= 0.6 is 0 Å². The number of aromatic nitrogens is 4. The van der Waals surface area contributed by atoms with Gasteiger partial charge in [-0.15, -0.1) is 0 Å². The number of hydrogen-bond donors (Lipinski definition) is 1. The maximum Gasteiger partial charge on any atom is 0.137 e. The van der Waals surface area contributed by atoms with Gasteiger partial charge in [0.05, 0.1) is 6.20 Å². The van der Waals surface area contributed by atoms with Crippen molar-refractivity contribution in [3.05, 3.63) is 36.9 Å². The number of H-pyrrole nitrogens is 1. The van der Waals surface area contributed by atoms with E-state index < -0.39 is 0 Å². The molecule has 1 N–H and O–H groups in total. The molecule has 4 nitrogen and oxygen atoms in total. The van der Waals surface area contributed by atoms with E-state index in [1.165, 1.54) is 5.56 Å². The fraction of sp³-hybridized carbons (Fsp3) is 0.231. The van der Waals surface area contributed by atoms with Gasteiger partial charge in [-0.2, -0.15) is 5.10 Å². The van der Waals surface area contributed by atoms with E-state index in [0.717, 1.165) is 29.6 Å². The molecule has 0 unspecified atom stereocenters. The van der Waals surface area contributed by atoms with Gasteiger partial charge >= 0.3 is 0 Å². The Bertz CT molecular complexity index is 635. The molecule has 0 fully saturated rings. The number of aryl methyl sites for hydroxylation is 1. The summed E-state index contributed by atoms with van der Waals surface area (Å²) in [6.45, 7) is 3.11. The van der Waals surface area contributed by atoms with Crippen molar-refractivity contribution in [3.8, 4) is 11.1 Å². The van der Waals surface area contributed by atoms with Crippen molar-refractivity contribution in [1.82, 2.24) is 19.7 Å². The lowest BCUT2D eigenvalue weighted by atomic mass is 10.1. The molecule has 0 saturated heterocycles. The number of nitrogens with zero attached hydrogens (tertiary/aromatic N) is 3. The van der Waals surface area contributed by atoms with E-state index in [2.05, 4.69) is 34.3 Å². The van der Waals surface area contributed by atoms with E-state index in [4.69, 9.17) is 0 Å². The highest BCUT2D eigenvalue weighted by atomic mass is 15.3. The molecule has 0 aliphatic rings. The van der Waals surface area contributed by atoms with Crippen molar-refractivity contribution < 1.29 is 0 Å². The van der Waals surface area contributed by atoms with Crippen LogP contribution in [-0.4, -0.2) is 19.7 Å². The average molecular weight is 226 g/mol. The third kappa shape index (κ3) is 1.71. The molecule has 3 heterocycles. The molecule has 0 amide bonds. The second-order valence-electron chi connectivity index (χ2n) is 4.09. The number of hydrogen-bond acceptors (Lipinski definition) is 2. The van der Waals surface area contributed by atoms with Crippen LogP contribution in [0.2, 0.25) is 0 Å². The summed E-state index contributed by atoms with van der Waals surface area (Å²) in [4.78, 5) is 7.41. The third-order valence-electron chi connectivity index (χ3n) is 2.86. The fourth-order valence-electron chi connectivity index (χ4n) is 2.07. The first-order chi connectivity index (χ1) is 8.38. The number of aromatic amines is 1. The fourth-order valence-corrected chi connectivity index (χ4v) is 2.07. The summed E-state index contributed by atoms with van der Waals surface area (Å²) >= 11 is 0. The summed E-state index contributed by atoms with van der Waals surface area (Å²) in [6.07, 6.45) is 8.84. The topological polar surface area (TPSA) is 46.5 Å². The molecule has 86 valence electrons. The molecule has 0 aromatic carbocycles. The Labute approximate surface area is 99.3 Å².